The number of aromatic nitrogens is 2. The Morgan fingerprint density at radius 2 is 1.73 bits per heavy atom. The number of carbonyl (C=O) groups excluding carboxylic acids is 1. The van der Waals surface area contributed by atoms with Crippen molar-refractivity contribution in [3.63, 3.8) is 0 Å². The lowest BCUT2D eigenvalue weighted by molar-refractivity contribution is -0.137. The number of carbonyl (C=O) groups is 1. The third kappa shape index (κ3) is 5.06. The number of benzene rings is 2. The lowest BCUT2D eigenvalue weighted by Crippen LogP contribution is -2.40. The molecule has 1 atom stereocenters. The monoisotopic (exact) mass is 613 g/mol. The molecule has 5 rings (SSSR count). The molecule has 0 radical (unpaired) electrons. The van der Waals surface area contributed by atoms with Crippen molar-refractivity contribution in [1.29, 1.82) is 0 Å². The third-order valence-electron chi connectivity index (χ3n) is 6.45. The van der Waals surface area contributed by atoms with Gasteiger partial charge in [-0.2, -0.15) is 13.2 Å². The first kappa shape index (κ1) is 28.4. The van der Waals surface area contributed by atoms with Crippen molar-refractivity contribution >= 4 is 50.2 Å². The number of morpholine rings is 1. The largest absolute Gasteiger partial charge is 0.417 e. The number of alkyl halides is 3. The number of nitrogens with zero attached hydrogens (tertiary/aromatic N) is 3. The Bertz CT molecular complexity index is 1710. The Kier molecular flexibility index (Phi) is 7.57. The standard InChI is InChI=1S/C26H20Cl2F3N3O5S/c27-18-7-6-17(25(36)33-8-10-39-11-9-33)23(28)22(18)24(35)21-13-19-20(12-15(14-32-19)26(29,30)31)34(21)40(37,38)16-4-2-1-3-5-16/h1-7,12-14,24,35H,8-11H2. The smallest absolute Gasteiger partial charge is 0.382 e. The molecule has 14 heteroatoms. The molecule has 2 aromatic heterocycles. The van der Waals surface area contributed by atoms with Crippen molar-refractivity contribution in [3.8, 4) is 0 Å². The van der Waals surface area contributed by atoms with Crippen LogP contribution in [0.4, 0.5) is 13.2 Å². The molecule has 1 aliphatic heterocycles. The van der Waals surface area contributed by atoms with E-state index in [0.717, 1.165) is 6.07 Å². The molecule has 1 amide bonds. The third-order valence-corrected chi connectivity index (χ3v) is 8.95. The van der Waals surface area contributed by atoms with Crippen molar-refractivity contribution in [2.45, 2.75) is 17.2 Å². The summed E-state index contributed by atoms with van der Waals surface area (Å²) in [5.74, 6) is -0.452. The van der Waals surface area contributed by atoms with E-state index in [1.165, 1.54) is 41.3 Å². The first-order chi connectivity index (χ1) is 18.9. The van der Waals surface area contributed by atoms with E-state index in [0.29, 0.717) is 42.5 Å². The Hall–Kier alpha value is -3.16. The molecule has 2 aromatic carbocycles. The van der Waals surface area contributed by atoms with E-state index in [1.54, 1.807) is 6.07 Å². The Morgan fingerprint density at radius 3 is 2.38 bits per heavy atom. The lowest BCUT2D eigenvalue weighted by Gasteiger charge is -2.28. The first-order valence-corrected chi connectivity index (χ1v) is 14.0. The number of rotatable bonds is 5. The topological polar surface area (TPSA) is 102 Å². The molecule has 4 aromatic rings. The SMILES string of the molecule is O=C(c1ccc(Cl)c(C(O)c2cc3ncc(C(F)(F)F)cc3n2S(=O)(=O)c2ccccc2)c1Cl)N1CCOCC1. The van der Waals surface area contributed by atoms with Crippen LogP contribution < -0.4 is 0 Å². The minimum Gasteiger partial charge on any atom is -0.382 e. The van der Waals surface area contributed by atoms with Gasteiger partial charge in [0.15, 0.2) is 0 Å². The van der Waals surface area contributed by atoms with E-state index in [-0.39, 0.29) is 37.3 Å². The van der Waals surface area contributed by atoms with Crippen LogP contribution >= 0.6 is 23.2 Å². The summed E-state index contributed by atoms with van der Waals surface area (Å²) >= 11 is 13.0. The van der Waals surface area contributed by atoms with Crippen LogP contribution in [0.2, 0.25) is 10.0 Å². The van der Waals surface area contributed by atoms with E-state index < -0.39 is 39.3 Å². The molecule has 1 unspecified atom stereocenters. The van der Waals surface area contributed by atoms with Crippen molar-refractivity contribution < 1.29 is 36.2 Å². The highest BCUT2D eigenvalue weighted by Gasteiger charge is 2.35. The number of amides is 1. The van der Waals surface area contributed by atoms with Gasteiger partial charge in [0.2, 0.25) is 0 Å². The summed E-state index contributed by atoms with van der Waals surface area (Å²) in [4.78, 5) is 18.2. The molecule has 0 bridgehead atoms. The zero-order valence-electron chi connectivity index (χ0n) is 20.4. The van der Waals surface area contributed by atoms with Gasteiger partial charge in [0.25, 0.3) is 15.9 Å². The average molecular weight is 614 g/mol. The fourth-order valence-electron chi connectivity index (χ4n) is 4.46. The van der Waals surface area contributed by atoms with Gasteiger partial charge in [-0.3, -0.25) is 9.78 Å². The lowest BCUT2D eigenvalue weighted by atomic mass is 10.0. The van der Waals surface area contributed by atoms with Gasteiger partial charge in [0, 0.05) is 29.9 Å². The minimum absolute atomic E-state index is 0.00748. The highest BCUT2D eigenvalue weighted by molar-refractivity contribution is 7.90. The summed E-state index contributed by atoms with van der Waals surface area (Å²) in [5.41, 5.74) is -2.28. The molecule has 1 fully saturated rings. The number of ether oxygens (including phenoxy) is 1. The van der Waals surface area contributed by atoms with E-state index >= 15 is 0 Å². The summed E-state index contributed by atoms with van der Waals surface area (Å²) in [5, 5.41) is 11.2. The van der Waals surface area contributed by atoms with Crippen molar-refractivity contribution in [2.24, 2.45) is 0 Å². The maximum Gasteiger partial charge on any atom is 0.417 e. The second-order valence-electron chi connectivity index (χ2n) is 8.91. The highest BCUT2D eigenvalue weighted by atomic mass is 35.5. The molecular formula is C26H20Cl2F3N3O5S. The van der Waals surface area contributed by atoms with Crippen LogP contribution in [0.15, 0.2) is 65.7 Å². The number of pyridine rings is 1. The van der Waals surface area contributed by atoms with Crippen LogP contribution in [0.1, 0.15) is 33.3 Å². The van der Waals surface area contributed by atoms with E-state index in [2.05, 4.69) is 4.98 Å². The molecule has 3 heterocycles. The number of hydrogen-bond donors (Lipinski definition) is 1. The number of aliphatic hydroxyl groups excluding tert-OH is 1. The summed E-state index contributed by atoms with van der Waals surface area (Å²) in [6.45, 7) is 1.28. The molecule has 1 N–H and O–H groups in total. The van der Waals surface area contributed by atoms with Gasteiger partial charge < -0.3 is 14.7 Å². The molecule has 1 saturated heterocycles. The zero-order valence-corrected chi connectivity index (χ0v) is 22.7. The van der Waals surface area contributed by atoms with Crippen LogP contribution in [0.3, 0.4) is 0 Å². The predicted octanol–water partition coefficient (Wildman–Crippen LogP) is 5.15. The van der Waals surface area contributed by atoms with Crippen molar-refractivity contribution in [2.75, 3.05) is 26.3 Å². The van der Waals surface area contributed by atoms with Crippen molar-refractivity contribution in [1.82, 2.24) is 13.9 Å². The number of fused-ring (bicyclic) bond motifs is 1. The summed E-state index contributed by atoms with van der Waals surface area (Å²) in [6, 6.07) is 11.5. The van der Waals surface area contributed by atoms with Gasteiger partial charge >= 0.3 is 6.18 Å². The highest BCUT2D eigenvalue weighted by Crippen LogP contribution is 2.40. The fourth-order valence-corrected chi connectivity index (χ4v) is 6.66. The van der Waals surface area contributed by atoms with Gasteiger partial charge in [0.05, 0.1) is 51.0 Å². The van der Waals surface area contributed by atoms with Gasteiger partial charge in [-0.15, -0.1) is 0 Å². The normalized spacial score (nSPS) is 15.4. The maximum atomic E-state index is 13.8. The average Bonchev–Trinajstić information content (AvgIpc) is 3.33. The van der Waals surface area contributed by atoms with E-state index in [1.807, 2.05) is 0 Å². The van der Waals surface area contributed by atoms with Gasteiger partial charge in [-0.25, -0.2) is 12.4 Å². The summed E-state index contributed by atoms with van der Waals surface area (Å²) in [6.07, 6.45) is -6.12. The van der Waals surface area contributed by atoms with E-state index in [4.69, 9.17) is 27.9 Å². The Morgan fingerprint density at radius 1 is 1.05 bits per heavy atom. The second-order valence-corrected chi connectivity index (χ2v) is 11.5. The van der Waals surface area contributed by atoms with Gasteiger partial charge in [-0.1, -0.05) is 41.4 Å². The minimum atomic E-state index is -4.81. The quantitative estimate of drug-likeness (QED) is 0.334. The summed E-state index contributed by atoms with van der Waals surface area (Å²) < 4.78 is 74.1. The summed E-state index contributed by atoms with van der Waals surface area (Å²) in [7, 11) is -4.56. The maximum absolute atomic E-state index is 13.8. The zero-order chi connectivity index (χ0) is 28.8. The number of aliphatic hydroxyl groups is 1. The molecule has 0 aliphatic carbocycles. The molecule has 1 aliphatic rings. The Labute approximate surface area is 236 Å². The molecule has 40 heavy (non-hydrogen) atoms. The van der Waals surface area contributed by atoms with Crippen LogP contribution in [0, 0.1) is 0 Å². The first-order valence-electron chi connectivity index (χ1n) is 11.8. The van der Waals surface area contributed by atoms with E-state index in [9.17, 15) is 31.5 Å². The second kappa shape index (κ2) is 10.7. The van der Waals surface area contributed by atoms with Crippen LogP contribution in [0.25, 0.3) is 11.0 Å². The molecular weight excluding hydrogens is 594 g/mol. The van der Waals surface area contributed by atoms with Crippen LogP contribution in [0.5, 0.6) is 0 Å². The fraction of sp³-hybridized carbons (Fsp3) is 0.231. The Balaban J connectivity index is 1.72. The molecule has 8 nitrogen and oxygen atoms in total. The van der Waals surface area contributed by atoms with Crippen molar-refractivity contribution in [3.05, 3.63) is 93.2 Å². The molecule has 0 spiro atoms. The number of halogens is 5. The van der Waals surface area contributed by atoms with Gasteiger partial charge in [-0.05, 0) is 36.4 Å². The molecule has 0 saturated carbocycles. The van der Waals surface area contributed by atoms with Gasteiger partial charge in [0.1, 0.15) is 6.10 Å². The van der Waals surface area contributed by atoms with Crippen LogP contribution in [-0.4, -0.2) is 59.6 Å². The molecule has 210 valence electrons. The van der Waals surface area contributed by atoms with Crippen LogP contribution in [-0.2, 0) is 20.9 Å². The number of hydrogen-bond acceptors (Lipinski definition) is 6. The predicted molar refractivity (Wildman–Crippen MR) is 141 cm³/mol.